The molecular formula is C12H14F3NO2. The molecule has 1 atom stereocenters. The van der Waals surface area contributed by atoms with E-state index in [1.54, 1.807) is 0 Å². The van der Waals surface area contributed by atoms with Crippen molar-refractivity contribution >= 4 is 5.91 Å². The van der Waals surface area contributed by atoms with E-state index in [-0.39, 0.29) is 11.7 Å². The molecule has 0 bridgehead atoms. The molecule has 18 heavy (non-hydrogen) atoms. The Bertz CT molecular complexity index is 401. The molecule has 0 radical (unpaired) electrons. The third-order valence-electron chi connectivity index (χ3n) is 2.53. The van der Waals surface area contributed by atoms with Gasteiger partial charge in [-0.05, 0) is 30.5 Å². The van der Waals surface area contributed by atoms with Crippen LogP contribution in [0.2, 0.25) is 0 Å². The lowest BCUT2D eigenvalue weighted by Crippen LogP contribution is -2.24. The largest absolute Gasteiger partial charge is 0.573 e. The summed E-state index contributed by atoms with van der Waals surface area (Å²) in [5.41, 5.74) is 5.94. The molecule has 2 N–H and O–H groups in total. The average Bonchev–Trinajstić information content (AvgIpc) is 2.25. The molecule has 100 valence electrons. The Morgan fingerprint density at radius 1 is 1.33 bits per heavy atom. The third kappa shape index (κ3) is 4.65. The minimum Gasteiger partial charge on any atom is -0.406 e. The van der Waals surface area contributed by atoms with Gasteiger partial charge >= 0.3 is 6.36 Å². The van der Waals surface area contributed by atoms with E-state index in [2.05, 4.69) is 4.74 Å². The lowest BCUT2D eigenvalue weighted by atomic mass is 9.96. The lowest BCUT2D eigenvalue weighted by molar-refractivity contribution is -0.274. The van der Waals surface area contributed by atoms with Gasteiger partial charge in [0.1, 0.15) is 5.75 Å². The number of carbonyl (C=O) groups excluding carboxylic acids is 1. The standard InChI is InChI=1S/C12H14F3NO2/c1-2-9(11(16)17)7-8-3-5-10(6-4-8)18-12(13,14)15/h3-6,9H,2,7H2,1H3,(H2,16,17). The van der Waals surface area contributed by atoms with E-state index in [0.29, 0.717) is 12.8 Å². The Balaban J connectivity index is 2.68. The number of hydrogen-bond acceptors (Lipinski definition) is 2. The van der Waals surface area contributed by atoms with Crippen LogP contribution in [0.3, 0.4) is 0 Å². The summed E-state index contributed by atoms with van der Waals surface area (Å²) in [6, 6.07) is 5.42. The minimum absolute atomic E-state index is 0.279. The van der Waals surface area contributed by atoms with Crippen molar-refractivity contribution in [1.82, 2.24) is 0 Å². The van der Waals surface area contributed by atoms with E-state index in [4.69, 9.17) is 5.73 Å². The third-order valence-corrected chi connectivity index (χ3v) is 2.53. The summed E-state index contributed by atoms with van der Waals surface area (Å²) in [5.74, 6) is -0.995. The highest BCUT2D eigenvalue weighted by molar-refractivity contribution is 5.76. The van der Waals surface area contributed by atoms with E-state index < -0.39 is 12.3 Å². The van der Waals surface area contributed by atoms with Gasteiger partial charge in [0.25, 0.3) is 0 Å². The Hall–Kier alpha value is -1.72. The van der Waals surface area contributed by atoms with E-state index in [1.807, 2.05) is 6.92 Å². The number of nitrogens with two attached hydrogens (primary N) is 1. The Morgan fingerprint density at radius 3 is 2.28 bits per heavy atom. The molecule has 0 spiro atoms. The van der Waals surface area contributed by atoms with Gasteiger partial charge in [-0.1, -0.05) is 19.1 Å². The molecule has 0 aliphatic rings. The van der Waals surface area contributed by atoms with Crippen LogP contribution in [0.15, 0.2) is 24.3 Å². The molecule has 1 aromatic rings. The molecule has 0 heterocycles. The van der Waals surface area contributed by atoms with Crippen molar-refractivity contribution in [2.24, 2.45) is 11.7 Å². The SMILES string of the molecule is CCC(Cc1ccc(OC(F)(F)F)cc1)C(N)=O. The summed E-state index contributed by atoms with van der Waals surface area (Å²) >= 11 is 0. The molecule has 3 nitrogen and oxygen atoms in total. The van der Waals surface area contributed by atoms with Crippen LogP contribution in [0.1, 0.15) is 18.9 Å². The topological polar surface area (TPSA) is 52.3 Å². The summed E-state index contributed by atoms with van der Waals surface area (Å²) in [6.45, 7) is 1.83. The van der Waals surface area contributed by atoms with Crippen LogP contribution >= 0.6 is 0 Å². The summed E-state index contributed by atoms with van der Waals surface area (Å²) in [6.07, 6.45) is -3.69. The maximum absolute atomic E-state index is 11.9. The quantitative estimate of drug-likeness (QED) is 0.885. The molecular weight excluding hydrogens is 247 g/mol. The highest BCUT2D eigenvalue weighted by Gasteiger charge is 2.30. The molecule has 1 unspecified atom stereocenters. The first-order valence-electron chi connectivity index (χ1n) is 5.46. The van der Waals surface area contributed by atoms with Gasteiger partial charge in [-0.3, -0.25) is 4.79 Å². The first-order chi connectivity index (χ1) is 8.31. The van der Waals surface area contributed by atoms with Crippen molar-refractivity contribution in [3.8, 4) is 5.75 Å². The maximum Gasteiger partial charge on any atom is 0.573 e. The fourth-order valence-corrected chi connectivity index (χ4v) is 1.56. The number of halogens is 3. The molecule has 0 aliphatic carbocycles. The molecule has 1 rings (SSSR count). The summed E-state index contributed by atoms with van der Waals surface area (Å²) in [5, 5.41) is 0. The monoisotopic (exact) mass is 261 g/mol. The van der Waals surface area contributed by atoms with Gasteiger partial charge in [0, 0.05) is 5.92 Å². The normalized spacial score (nSPS) is 13.1. The molecule has 0 aliphatic heterocycles. The van der Waals surface area contributed by atoms with Gasteiger partial charge in [-0.25, -0.2) is 0 Å². The van der Waals surface area contributed by atoms with E-state index >= 15 is 0 Å². The Labute approximate surface area is 103 Å². The number of hydrogen-bond donors (Lipinski definition) is 1. The highest BCUT2D eigenvalue weighted by Crippen LogP contribution is 2.23. The van der Waals surface area contributed by atoms with Crippen molar-refractivity contribution in [1.29, 1.82) is 0 Å². The zero-order chi connectivity index (χ0) is 13.8. The van der Waals surface area contributed by atoms with Gasteiger partial charge in [-0.15, -0.1) is 13.2 Å². The number of rotatable bonds is 5. The van der Waals surface area contributed by atoms with Gasteiger partial charge in [0.15, 0.2) is 0 Å². The number of ether oxygens (including phenoxy) is 1. The van der Waals surface area contributed by atoms with Gasteiger partial charge in [-0.2, -0.15) is 0 Å². The number of carbonyl (C=O) groups is 1. The van der Waals surface area contributed by atoms with Crippen LogP contribution in [0.25, 0.3) is 0 Å². The van der Waals surface area contributed by atoms with Crippen molar-refractivity contribution in [3.05, 3.63) is 29.8 Å². The van der Waals surface area contributed by atoms with Crippen LogP contribution in [0, 0.1) is 5.92 Å². The second-order valence-corrected chi connectivity index (χ2v) is 3.90. The van der Waals surface area contributed by atoms with Crippen LogP contribution in [-0.4, -0.2) is 12.3 Å². The van der Waals surface area contributed by atoms with Crippen molar-refractivity contribution in [2.75, 3.05) is 0 Å². The summed E-state index contributed by atoms with van der Waals surface area (Å²) in [7, 11) is 0. The van der Waals surface area contributed by atoms with Crippen LogP contribution in [0.5, 0.6) is 5.75 Å². The minimum atomic E-state index is -4.69. The maximum atomic E-state index is 11.9. The Morgan fingerprint density at radius 2 is 1.89 bits per heavy atom. The van der Waals surface area contributed by atoms with E-state index in [0.717, 1.165) is 5.56 Å². The Kier molecular flexibility index (Phi) is 4.58. The predicted molar refractivity (Wildman–Crippen MR) is 59.8 cm³/mol. The van der Waals surface area contributed by atoms with Crippen molar-refractivity contribution in [2.45, 2.75) is 26.1 Å². The van der Waals surface area contributed by atoms with E-state index in [1.165, 1.54) is 24.3 Å². The van der Waals surface area contributed by atoms with Crippen molar-refractivity contribution in [3.63, 3.8) is 0 Å². The van der Waals surface area contributed by atoms with Gasteiger partial charge in [0.05, 0.1) is 0 Å². The number of primary amides is 1. The van der Waals surface area contributed by atoms with Gasteiger partial charge < -0.3 is 10.5 Å². The molecule has 0 fully saturated rings. The van der Waals surface area contributed by atoms with Crippen LogP contribution < -0.4 is 10.5 Å². The zero-order valence-electron chi connectivity index (χ0n) is 9.83. The fourth-order valence-electron chi connectivity index (χ4n) is 1.56. The molecule has 1 aromatic carbocycles. The molecule has 6 heteroatoms. The van der Waals surface area contributed by atoms with Gasteiger partial charge in [0.2, 0.25) is 5.91 Å². The smallest absolute Gasteiger partial charge is 0.406 e. The summed E-state index contributed by atoms with van der Waals surface area (Å²) in [4.78, 5) is 11.0. The van der Waals surface area contributed by atoms with Crippen LogP contribution in [-0.2, 0) is 11.2 Å². The molecule has 1 amide bonds. The number of benzene rings is 1. The number of alkyl halides is 3. The highest BCUT2D eigenvalue weighted by atomic mass is 19.4. The second-order valence-electron chi connectivity index (χ2n) is 3.90. The predicted octanol–water partition coefficient (Wildman–Crippen LogP) is 2.64. The molecule has 0 saturated heterocycles. The zero-order valence-corrected chi connectivity index (χ0v) is 9.83. The number of amides is 1. The lowest BCUT2D eigenvalue weighted by Gasteiger charge is -2.12. The first kappa shape index (κ1) is 14.3. The first-order valence-corrected chi connectivity index (χ1v) is 5.46. The molecule has 0 saturated carbocycles. The van der Waals surface area contributed by atoms with Crippen molar-refractivity contribution < 1.29 is 22.7 Å². The van der Waals surface area contributed by atoms with Crippen LogP contribution in [0.4, 0.5) is 13.2 Å². The second kappa shape index (κ2) is 5.75. The average molecular weight is 261 g/mol. The van der Waals surface area contributed by atoms with E-state index in [9.17, 15) is 18.0 Å². The molecule has 0 aromatic heterocycles. The fraction of sp³-hybridized carbons (Fsp3) is 0.417. The summed E-state index contributed by atoms with van der Waals surface area (Å²) < 4.78 is 39.5.